The summed E-state index contributed by atoms with van der Waals surface area (Å²) >= 11 is 0. The van der Waals surface area contributed by atoms with Gasteiger partial charge in [0.05, 0.1) is 20.0 Å². The van der Waals surface area contributed by atoms with Gasteiger partial charge in [0.15, 0.2) is 11.5 Å². The lowest BCUT2D eigenvalue weighted by molar-refractivity contribution is 0.241. The van der Waals surface area contributed by atoms with E-state index in [0.717, 1.165) is 11.3 Å². The van der Waals surface area contributed by atoms with Gasteiger partial charge in [-0.2, -0.15) is 4.31 Å². The average Bonchev–Trinajstić information content (AvgIpc) is 2.82. The van der Waals surface area contributed by atoms with Gasteiger partial charge in [-0.15, -0.1) is 0 Å². The van der Waals surface area contributed by atoms with Gasteiger partial charge in [-0.1, -0.05) is 18.2 Å². The third kappa shape index (κ3) is 6.75. The lowest BCUT2D eigenvalue weighted by Crippen LogP contribution is -2.50. The number of methoxy groups -OCH3 is 2. The highest BCUT2D eigenvalue weighted by Crippen LogP contribution is 2.27. The summed E-state index contributed by atoms with van der Waals surface area (Å²) in [7, 11) is -0.340. The summed E-state index contributed by atoms with van der Waals surface area (Å²) in [6, 6.07) is 13.1. The van der Waals surface area contributed by atoms with E-state index in [-0.39, 0.29) is 18.8 Å². The highest BCUT2D eigenvalue weighted by atomic mass is 32.2. The molecule has 33 heavy (non-hydrogen) atoms. The van der Waals surface area contributed by atoms with Crippen LogP contribution in [0.4, 0.5) is 10.5 Å². The highest BCUT2D eigenvalue weighted by Gasteiger charge is 2.26. The second kappa shape index (κ2) is 11.2. The molecule has 2 aromatic carbocycles. The number of carbonyl (C=O) groups is 1. The Morgan fingerprint density at radius 3 is 2.36 bits per heavy atom. The van der Waals surface area contributed by atoms with Gasteiger partial charge in [-0.25, -0.2) is 13.2 Å². The average molecular weight is 477 g/mol. The number of urea groups is 1. The molecule has 0 bridgehead atoms. The van der Waals surface area contributed by atoms with E-state index < -0.39 is 16.1 Å². The van der Waals surface area contributed by atoms with Crippen molar-refractivity contribution in [1.82, 2.24) is 14.9 Å². The van der Waals surface area contributed by atoms with E-state index in [9.17, 15) is 13.2 Å². The Bertz CT molecular complexity index is 1050. The largest absolute Gasteiger partial charge is 0.493 e. The Kier molecular flexibility index (Phi) is 8.40. The molecule has 2 N–H and O–H groups in total. The van der Waals surface area contributed by atoms with Crippen LogP contribution in [0.15, 0.2) is 42.5 Å². The first kappa shape index (κ1) is 24.7. The van der Waals surface area contributed by atoms with Crippen LogP contribution in [0.25, 0.3) is 0 Å². The van der Waals surface area contributed by atoms with E-state index >= 15 is 0 Å². The zero-order chi connectivity index (χ0) is 23.8. The molecule has 1 heterocycles. The molecule has 1 aliphatic heterocycles. The first-order valence-electron chi connectivity index (χ1n) is 10.8. The van der Waals surface area contributed by atoms with Crippen molar-refractivity contribution in [2.45, 2.75) is 13.5 Å². The number of hydrogen-bond acceptors (Lipinski definition) is 6. The molecule has 1 saturated heterocycles. The quantitative estimate of drug-likeness (QED) is 0.574. The van der Waals surface area contributed by atoms with Crippen LogP contribution in [0.1, 0.15) is 11.1 Å². The highest BCUT2D eigenvalue weighted by molar-refractivity contribution is 7.89. The number of nitrogens with one attached hydrogen (secondary N) is 2. The second-order valence-corrected chi connectivity index (χ2v) is 9.93. The van der Waals surface area contributed by atoms with Crippen LogP contribution in [0.3, 0.4) is 0 Å². The molecule has 10 heteroatoms. The first-order chi connectivity index (χ1) is 15.8. The third-order valence-electron chi connectivity index (χ3n) is 5.55. The lowest BCUT2D eigenvalue weighted by Gasteiger charge is -2.35. The Hall–Kier alpha value is -2.98. The molecule has 0 atom stereocenters. The number of amides is 2. The van der Waals surface area contributed by atoms with Crippen LogP contribution in [0, 0.1) is 6.92 Å². The number of ether oxygens (including phenoxy) is 2. The maximum absolute atomic E-state index is 12.7. The van der Waals surface area contributed by atoms with Gasteiger partial charge in [0, 0.05) is 45.0 Å². The number of benzene rings is 2. The van der Waals surface area contributed by atoms with E-state index in [1.165, 1.54) is 9.87 Å². The van der Waals surface area contributed by atoms with Crippen molar-refractivity contribution in [3.63, 3.8) is 0 Å². The van der Waals surface area contributed by atoms with Crippen LogP contribution >= 0.6 is 0 Å². The second-order valence-electron chi connectivity index (χ2n) is 7.84. The molecular formula is C23H32N4O5S. The lowest BCUT2D eigenvalue weighted by atomic mass is 10.2. The van der Waals surface area contributed by atoms with Crippen molar-refractivity contribution in [2.75, 3.05) is 57.6 Å². The molecule has 0 spiro atoms. The molecule has 2 aromatic rings. The van der Waals surface area contributed by atoms with E-state index in [1.807, 2.05) is 31.2 Å². The van der Waals surface area contributed by atoms with Crippen molar-refractivity contribution in [2.24, 2.45) is 0 Å². The smallest absolute Gasteiger partial charge is 0.315 e. The van der Waals surface area contributed by atoms with Crippen molar-refractivity contribution < 1.29 is 22.7 Å². The van der Waals surface area contributed by atoms with Crippen LogP contribution in [-0.4, -0.2) is 71.5 Å². The van der Waals surface area contributed by atoms with Gasteiger partial charge in [0.1, 0.15) is 0 Å². The van der Waals surface area contributed by atoms with Crippen LogP contribution in [0.5, 0.6) is 11.5 Å². The van der Waals surface area contributed by atoms with Gasteiger partial charge in [-0.05, 0) is 42.3 Å². The number of anilines is 1. The monoisotopic (exact) mass is 476 g/mol. The predicted octanol–water partition coefficient (Wildman–Crippen LogP) is 1.96. The SMILES string of the molecule is COc1ccc(CNC(=O)NCCS(=O)(=O)N2CCN(c3cccc(C)c3)CC2)cc1OC. The molecule has 9 nitrogen and oxygen atoms in total. The topological polar surface area (TPSA) is 100 Å². The molecule has 1 aliphatic rings. The van der Waals surface area contributed by atoms with E-state index in [4.69, 9.17) is 9.47 Å². The number of aryl methyl sites for hydroxylation is 1. The molecular weight excluding hydrogens is 444 g/mol. The summed E-state index contributed by atoms with van der Waals surface area (Å²) in [5, 5.41) is 5.34. The summed E-state index contributed by atoms with van der Waals surface area (Å²) in [5.41, 5.74) is 3.12. The number of piperazine rings is 1. The Morgan fingerprint density at radius 2 is 1.70 bits per heavy atom. The van der Waals surface area contributed by atoms with E-state index in [1.54, 1.807) is 26.4 Å². The zero-order valence-corrected chi connectivity index (χ0v) is 20.2. The van der Waals surface area contributed by atoms with Gasteiger partial charge in [0.25, 0.3) is 0 Å². The summed E-state index contributed by atoms with van der Waals surface area (Å²) in [4.78, 5) is 14.3. The molecule has 180 valence electrons. The number of sulfonamides is 1. The molecule has 1 fully saturated rings. The molecule has 0 unspecified atom stereocenters. The Balaban J connectivity index is 1.41. The molecule has 0 aromatic heterocycles. The van der Waals surface area contributed by atoms with Crippen molar-refractivity contribution >= 4 is 21.7 Å². The minimum Gasteiger partial charge on any atom is -0.493 e. The molecule has 3 rings (SSSR count). The molecule has 2 amide bonds. The van der Waals surface area contributed by atoms with Crippen LogP contribution < -0.4 is 25.0 Å². The van der Waals surface area contributed by atoms with Gasteiger partial charge < -0.3 is 25.0 Å². The van der Waals surface area contributed by atoms with Gasteiger partial charge >= 0.3 is 6.03 Å². The van der Waals surface area contributed by atoms with E-state index in [0.29, 0.717) is 37.7 Å². The number of hydrogen-bond donors (Lipinski definition) is 2. The van der Waals surface area contributed by atoms with Gasteiger partial charge in [0.2, 0.25) is 10.0 Å². The van der Waals surface area contributed by atoms with E-state index in [2.05, 4.69) is 21.6 Å². The van der Waals surface area contributed by atoms with Gasteiger partial charge in [-0.3, -0.25) is 0 Å². The van der Waals surface area contributed by atoms with Crippen molar-refractivity contribution in [1.29, 1.82) is 0 Å². The fourth-order valence-corrected chi connectivity index (χ4v) is 5.05. The van der Waals surface area contributed by atoms with Crippen LogP contribution in [0.2, 0.25) is 0 Å². The Morgan fingerprint density at radius 1 is 0.970 bits per heavy atom. The minimum absolute atomic E-state index is 0.0399. The summed E-state index contributed by atoms with van der Waals surface area (Å²) in [6.07, 6.45) is 0. The fourth-order valence-electron chi connectivity index (χ4n) is 3.71. The number of nitrogens with zero attached hydrogens (tertiary/aromatic N) is 2. The predicted molar refractivity (Wildman–Crippen MR) is 129 cm³/mol. The number of rotatable bonds is 9. The summed E-state index contributed by atoms with van der Waals surface area (Å²) in [6.45, 7) is 4.51. The van der Waals surface area contributed by atoms with Crippen molar-refractivity contribution in [3.8, 4) is 11.5 Å². The number of carbonyl (C=O) groups excluding carboxylic acids is 1. The fraction of sp³-hybridized carbons (Fsp3) is 0.435. The molecule has 0 radical (unpaired) electrons. The molecule has 0 aliphatic carbocycles. The zero-order valence-electron chi connectivity index (χ0n) is 19.3. The summed E-state index contributed by atoms with van der Waals surface area (Å²) in [5.74, 6) is 1.04. The summed E-state index contributed by atoms with van der Waals surface area (Å²) < 4.78 is 37.3. The molecule has 0 saturated carbocycles. The van der Waals surface area contributed by atoms with Crippen LogP contribution in [-0.2, 0) is 16.6 Å². The van der Waals surface area contributed by atoms with Crippen molar-refractivity contribution in [3.05, 3.63) is 53.6 Å². The standard InChI is InChI=1S/C23H32N4O5S/c1-18-5-4-6-20(15-18)26-10-12-27(13-11-26)33(29,30)14-9-24-23(28)25-17-19-7-8-21(31-2)22(16-19)32-3/h4-8,15-16H,9-14,17H2,1-3H3,(H2,24,25,28). The first-order valence-corrected chi connectivity index (χ1v) is 12.5. The normalized spacial score (nSPS) is 14.6. The minimum atomic E-state index is -3.44. The third-order valence-corrected chi connectivity index (χ3v) is 7.42. The maximum Gasteiger partial charge on any atom is 0.315 e. The Labute approximate surface area is 195 Å². The maximum atomic E-state index is 12.7.